The highest BCUT2D eigenvalue weighted by atomic mass is 16.3. The second-order valence-corrected chi connectivity index (χ2v) is 3.20. The van der Waals surface area contributed by atoms with Gasteiger partial charge in [-0.2, -0.15) is 0 Å². The number of nitrogens with zero attached hydrogens (tertiary/aromatic N) is 3. The van der Waals surface area contributed by atoms with Gasteiger partial charge in [-0.15, -0.1) is 0 Å². The van der Waals surface area contributed by atoms with Gasteiger partial charge in [0.2, 0.25) is 5.95 Å². The summed E-state index contributed by atoms with van der Waals surface area (Å²) in [5, 5.41) is 9.29. The van der Waals surface area contributed by atoms with Gasteiger partial charge >= 0.3 is 0 Å². The molecule has 0 amide bonds. The number of rotatable bonds is 1. The highest BCUT2D eigenvalue weighted by molar-refractivity contribution is 5.38. The largest absolute Gasteiger partial charge is 0.396 e. The van der Waals surface area contributed by atoms with Crippen LogP contribution in [0.5, 0.6) is 0 Å². The van der Waals surface area contributed by atoms with Crippen molar-refractivity contribution in [3.8, 4) is 0 Å². The minimum atomic E-state index is -0.249. The molecule has 0 radical (unpaired) electrons. The fraction of sp³-hybridized carbons (Fsp3) is 0.500. The van der Waals surface area contributed by atoms with Gasteiger partial charge in [-0.1, -0.05) is 0 Å². The molecule has 5 nitrogen and oxygen atoms in total. The van der Waals surface area contributed by atoms with Crippen molar-refractivity contribution in [2.24, 2.45) is 0 Å². The average molecular weight is 180 g/mol. The van der Waals surface area contributed by atoms with E-state index in [1.165, 1.54) is 0 Å². The van der Waals surface area contributed by atoms with Crippen LogP contribution in [0.3, 0.4) is 0 Å². The van der Waals surface area contributed by atoms with E-state index in [1.54, 1.807) is 12.4 Å². The van der Waals surface area contributed by atoms with Gasteiger partial charge in [-0.3, -0.25) is 0 Å². The molecule has 13 heavy (non-hydrogen) atoms. The number of aliphatic hydroxyl groups excluding tert-OH is 1. The molecule has 0 saturated carbocycles. The quantitative estimate of drug-likeness (QED) is 0.616. The first-order valence-corrected chi connectivity index (χ1v) is 4.26. The van der Waals surface area contributed by atoms with Gasteiger partial charge in [0, 0.05) is 13.1 Å². The van der Waals surface area contributed by atoms with Crippen molar-refractivity contribution in [3.05, 3.63) is 12.4 Å². The molecule has 2 heterocycles. The summed E-state index contributed by atoms with van der Waals surface area (Å²) in [4.78, 5) is 10.1. The van der Waals surface area contributed by atoms with E-state index < -0.39 is 0 Å². The lowest BCUT2D eigenvalue weighted by atomic mass is 10.3. The van der Waals surface area contributed by atoms with Crippen molar-refractivity contribution in [1.29, 1.82) is 0 Å². The lowest BCUT2D eigenvalue weighted by molar-refractivity contribution is 0.198. The predicted octanol–water partition coefficient (Wildman–Crippen LogP) is -0.370. The van der Waals surface area contributed by atoms with Gasteiger partial charge in [0.05, 0.1) is 24.2 Å². The maximum Gasteiger partial charge on any atom is 0.225 e. The number of β-amino-alcohol motifs (C(OH)–C–C–N with tert-alkyl or cyclic N) is 1. The van der Waals surface area contributed by atoms with Crippen LogP contribution < -0.4 is 10.6 Å². The van der Waals surface area contributed by atoms with E-state index in [4.69, 9.17) is 5.73 Å². The maximum absolute atomic E-state index is 9.29. The van der Waals surface area contributed by atoms with E-state index in [0.717, 1.165) is 13.0 Å². The smallest absolute Gasteiger partial charge is 0.225 e. The third-order valence-corrected chi connectivity index (χ3v) is 2.10. The van der Waals surface area contributed by atoms with E-state index in [0.29, 0.717) is 18.2 Å². The van der Waals surface area contributed by atoms with Crippen LogP contribution in [-0.4, -0.2) is 34.3 Å². The maximum atomic E-state index is 9.29. The third-order valence-electron chi connectivity index (χ3n) is 2.10. The molecule has 1 aromatic heterocycles. The first-order valence-electron chi connectivity index (χ1n) is 4.26. The molecule has 0 spiro atoms. The Labute approximate surface area is 76.2 Å². The lowest BCUT2D eigenvalue weighted by Gasteiger charge is -2.14. The molecule has 0 bridgehead atoms. The summed E-state index contributed by atoms with van der Waals surface area (Å²) in [6.45, 7) is 1.43. The summed E-state index contributed by atoms with van der Waals surface area (Å²) in [6.07, 6.45) is 3.69. The highest BCUT2D eigenvalue weighted by Gasteiger charge is 2.21. The first-order chi connectivity index (χ1) is 6.25. The summed E-state index contributed by atoms with van der Waals surface area (Å²) in [5.74, 6) is 0.644. The number of aliphatic hydroxyl groups is 1. The van der Waals surface area contributed by atoms with Gasteiger partial charge in [0.25, 0.3) is 0 Å². The van der Waals surface area contributed by atoms with E-state index >= 15 is 0 Å². The molecule has 0 aromatic carbocycles. The van der Waals surface area contributed by atoms with Crippen LogP contribution in [0.25, 0.3) is 0 Å². The van der Waals surface area contributed by atoms with Crippen LogP contribution in [0.4, 0.5) is 11.6 Å². The van der Waals surface area contributed by atoms with Crippen molar-refractivity contribution in [2.45, 2.75) is 12.5 Å². The molecule has 0 aliphatic carbocycles. The van der Waals surface area contributed by atoms with E-state index in [9.17, 15) is 5.11 Å². The van der Waals surface area contributed by atoms with Gasteiger partial charge < -0.3 is 15.7 Å². The number of hydrogen-bond acceptors (Lipinski definition) is 5. The van der Waals surface area contributed by atoms with Gasteiger partial charge in [0.15, 0.2) is 0 Å². The molecule has 2 rings (SSSR count). The van der Waals surface area contributed by atoms with Crippen LogP contribution in [0, 0.1) is 0 Å². The fourth-order valence-electron chi connectivity index (χ4n) is 1.42. The summed E-state index contributed by atoms with van der Waals surface area (Å²) in [5.41, 5.74) is 6.02. The van der Waals surface area contributed by atoms with Crippen molar-refractivity contribution in [3.63, 3.8) is 0 Å². The molecule has 0 unspecified atom stereocenters. The first kappa shape index (κ1) is 8.25. The standard InChI is InChI=1S/C8H12N4O/c9-6-3-10-8(11-4-6)12-2-1-7(13)5-12/h3-4,7,13H,1-2,5,9H2/t7-/m0/s1. The van der Waals surface area contributed by atoms with Crippen molar-refractivity contribution in [1.82, 2.24) is 9.97 Å². The van der Waals surface area contributed by atoms with Crippen LogP contribution >= 0.6 is 0 Å². The van der Waals surface area contributed by atoms with Crippen LogP contribution in [-0.2, 0) is 0 Å². The number of anilines is 2. The van der Waals surface area contributed by atoms with Crippen molar-refractivity contribution in [2.75, 3.05) is 23.7 Å². The van der Waals surface area contributed by atoms with E-state index in [-0.39, 0.29) is 6.10 Å². The van der Waals surface area contributed by atoms with Gasteiger partial charge in [-0.05, 0) is 6.42 Å². The predicted molar refractivity (Wildman–Crippen MR) is 49.3 cm³/mol. The Balaban J connectivity index is 2.13. The topological polar surface area (TPSA) is 75.3 Å². The Bertz CT molecular complexity index is 287. The molecule has 1 aliphatic heterocycles. The molecule has 1 aliphatic rings. The summed E-state index contributed by atoms with van der Waals surface area (Å²) >= 11 is 0. The van der Waals surface area contributed by atoms with Crippen molar-refractivity contribution < 1.29 is 5.11 Å². The molecule has 70 valence electrons. The van der Waals surface area contributed by atoms with Crippen LogP contribution in [0.1, 0.15) is 6.42 Å². The Morgan fingerprint density at radius 2 is 2.15 bits per heavy atom. The highest BCUT2D eigenvalue weighted by Crippen LogP contribution is 2.15. The molecule has 3 N–H and O–H groups in total. The Kier molecular flexibility index (Phi) is 2.02. The molecule has 5 heteroatoms. The lowest BCUT2D eigenvalue weighted by Crippen LogP contribution is -2.23. The second kappa shape index (κ2) is 3.18. The zero-order chi connectivity index (χ0) is 9.26. The molecule has 1 fully saturated rings. The zero-order valence-corrected chi connectivity index (χ0v) is 7.22. The van der Waals surface area contributed by atoms with Crippen molar-refractivity contribution >= 4 is 11.6 Å². The number of nitrogen functional groups attached to an aromatic ring is 1. The minimum Gasteiger partial charge on any atom is -0.396 e. The van der Waals surface area contributed by atoms with E-state index in [1.807, 2.05) is 4.90 Å². The number of nitrogens with two attached hydrogens (primary N) is 1. The molecular weight excluding hydrogens is 168 g/mol. The average Bonchev–Trinajstić information content (AvgIpc) is 2.53. The molecular formula is C8H12N4O. The minimum absolute atomic E-state index is 0.249. The Morgan fingerprint density at radius 1 is 1.46 bits per heavy atom. The summed E-state index contributed by atoms with van der Waals surface area (Å²) in [6, 6.07) is 0. The van der Waals surface area contributed by atoms with Crippen LogP contribution in [0.15, 0.2) is 12.4 Å². The normalized spacial score (nSPS) is 22.2. The monoisotopic (exact) mass is 180 g/mol. The molecule has 1 aromatic rings. The Morgan fingerprint density at radius 3 is 2.69 bits per heavy atom. The van der Waals surface area contributed by atoms with E-state index in [2.05, 4.69) is 9.97 Å². The number of hydrogen-bond donors (Lipinski definition) is 2. The summed E-state index contributed by atoms with van der Waals surface area (Å²) < 4.78 is 0. The zero-order valence-electron chi connectivity index (χ0n) is 7.22. The number of aromatic nitrogens is 2. The molecule has 1 atom stereocenters. The second-order valence-electron chi connectivity index (χ2n) is 3.20. The SMILES string of the molecule is Nc1cnc(N2CC[C@H](O)C2)nc1. The Hall–Kier alpha value is -1.36. The fourth-order valence-corrected chi connectivity index (χ4v) is 1.42. The summed E-state index contributed by atoms with van der Waals surface area (Å²) in [7, 11) is 0. The third kappa shape index (κ3) is 1.70. The van der Waals surface area contributed by atoms with Crippen LogP contribution in [0.2, 0.25) is 0 Å². The molecule has 1 saturated heterocycles. The van der Waals surface area contributed by atoms with Gasteiger partial charge in [0.1, 0.15) is 0 Å². The van der Waals surface area contributed by atoms with Gasteiger partial charge in [-0.25, -0.2) is 9.97 Å².